The summed E-state index contributed by atoms with van der Waals surface area (Å²) in [5, 5.41) is 0.534. The van der Waals surface area contributed by atoms with Crippen LogP contribution in [0.15, 0.2) is 63.6 Å². The van der Waals surface area contributed by atoms with Crippen LogP contribution < -0.4 is 5.73 Å². The van der Waals surface area contributed by atoms with Crippen molar-refractivity contribution in [3.8, 4) is 11.3 Å². The van der Waals surface area contributed by atoms with Gasteiger partial charge in [-0.05, 0) is 36.6 Å². The second kappa shape index (κ2) is 7.93. The highest BCUT2D eigenvalue weighted by molar-refractivity contribution is 6.33. The van der Waals surface area contributed by atoms with Crippen molar-refractivity contribution < 1.29 is 23.5 Å². The summed E-state index contributed by atoms with van der Waals surface area (Å²) in [7, 11) is 0. The number of allylic oxidation sites excluding steroid dienone is 2. The fourth-order valence-electron chi connectivity index (χ4n) is 4.19. The Kier molecular flexibility index (Phi) is 5.43. The molecule has 4 rings (SSSR count). The maximum atomic E-state index is 13.2. The Morgan fingerprint density at radius 3 is 2.68 bits per heavy atom. The van der Waals surface area contributed by atoms with Gasteiger partial charge in [0.05, 0.1) is 17.5 Å². The minimum atomic E-state index is -0.803. The summed E-state index contributed by atoms with van der Waals surface area (Å²) in [5.41, 5.74) is 7.09. The molecule has 1 aromatic heterocycles. The summed E-state index contributed by atoms with van der Waals surface area (Å²) in [6.07, 6.45) is 0.860. The van der Waals surface area contributed by atoms with E-state index in [2.05, 4.69) is 0 Å². The number of carbonyl (C=O) groups is 2. The molecule has 0 saturated heterocycles. The molecule has 1 aliphatic carbocycles. The number of Topliss-reactive ketones (excluding diaryl/α,β-unsaturated/α-hetero) is 1. The summed E-state index contributed by atoms with van der Waals surface area (Å²) in [6, 6.07) is 10.8. The number of halogens is 1. The monoisotopic (exact) mass is 441 g/mol. The van der Waals surface area contributed by atoms with Crippen molar-refractivity contribution in [1.29, 1.82) is 0 Å². The van der Waals surface area contributed by atoms with Crippen LogP contribution in [-0.4, -0.2) is 18.4 Å². The van der Waals surface area contributed by atoms with Crippen molar-refractivity contribution in [2.45, 2.75) is 39.5 Å². The van der Waals surface area contributed by atoms with Gasteiger partial charge >= 0.3 is 5.97 Å². The third-order valence-electron chi connectivity index (χ3n) is 5.50. The Hall–Kier alpha value is -2.99. The molecule has 6 nitrogen and oxygen atoms in total. The molecule has 2 aliphatic rings. The molecule has 0 saturated carbocycles. The van der Waals surface area contributed by atoms with Gasteiger partial charge in [-0.2, -0.15) is 0 Å². The fourth-order valence-corrected chi connectivity index (χ4v) is 4.42. The topological polar surface area (TPSA) is 91.8 Å². The third kappa shape index (κ3) is 3.88. The van der Waals surface area contributed by atoms with E-state index < -0.39 is 11.9 Å². The van der Waals surface area contributed by atoms with Gasteiger partial charge in [-0.1, -0.05) is 37.6 Å². The molecule has 1 unspecified atom stereocenters. The Morgan fingerprint density at radius 1 is 1.23 bits per heavy atom. The number of carbonyl (C=O) groups excluding carboxylic acids is 2. The lowest BCUT2D eigenvalue weighted by Crippen LogP contribution is -2.35. The third-order valence-corrected chi connectivity index (χ3v) is 5.83. The van der Waals surface area contributed by atoms with Gasteiger partial charge in [0, 0.05) is 24.0 Å². The van der Waals surface area contributed by atoms with Crippen LogP contribution in [0.1, 0.15) is 45.3 Å². The molecule has 7 heteroatoms. The van der Waals surface area contributed by atoms with Crippen molar-refractivity contribution in [1.82, 2.24) is 0 Å². The molecule has 1 atom stereocenters. The number of hydrogen-bond donors (Lipinski definition) is 1. The van der Waals surface area contributed by atoms with Crippen molar-refractivity contribution in [2.24, 2.45) is 11.1 Å². The Labute approximate surface area is 185 Å². The van der Waals surface area contributed by atoms with E-state index in [0.717, 1.165) is 0 Å². The molecule has 31 heavy (non-hydrogen) atoms. The summed E-state index contributed by atoms with van der Waals surface area (Å²) < 4.78 is 17.1. The molecule has 0 radical (unpaired) electrons. The Balaban J connectivity index is 1.85. The average Bonchev–Trinajstić information content (AvgIpc) is 3.16. The van der Waals surface area contributed by atoms with Gasteiger partial charge in [-0.3, -0.25) is 4.79 Å². The van der Waals surface area contributed by atoms with Gasteiger partial charge in [0.15, 0.2) is 5.78 Å². The number of rotatable bonds is 4. The minimum Gasteiger partial charge on any atom is -0.462 e. The minimum absolute atomic E-state index is 0.0663. The highest BCUT2D eigenvalue weighted by Crippen LogP contribution is 2.49. The lowest BCUT2D eigenvalue weighted by Gasteiger charge is -2.37. The summed E-state index contributed by atoms with van der Waals surface area (Å²) in [6.45, 7) is 5.86. The van der Waals surface area contributed by atoms with E-state index in [1.807, 2.05) is 32.0 Å². The first-order valence-corrected chi connectivity index (χ1v) is 10.5. The smallest absolute Gasteiger partial charge is 0.340 e. The zero-order chi connectivity index (χ0) is 22.3. The highest BCUT2D eigenvalue weighted by atomic mass is 35.5. The normalized spacial score (nSPS) is 20.4. The first-order chi connectivity index (χ1) is 14.7. The van der Waals surface area contributed by atoms with Crippen LogP contribution in [0.3, 0.4) is 0 Å². The number of benzene rings is 1. The van der Waals surface area contributed by atoms with Crippen LogP contribution in [-0.2, 0) is 19.1 Å². The second-order valence-electron chi connectivity index (χ2n) is 8.49. The molecular weight excluding hydrogens is 418 g/mol. The molecule has 1 aromatic carbocycles. The van der Waals surface area contributed by atoms with E-state index in [0.29, 0.717) is 46.3 Å². The average molecular weight is 442 g/mol. The number of ether oxygens (including phenoxy) is 2. The van der Waals surface area contributed by atoms with Crippen molar-refractivity contribution >= 4 is 23.4 Å². The molecular formula is C24H24ClNO5. The molecule has 0 amide bonds. The zero-order valence-corrected chi connectivity index (χ0v) is 18.4. The quantitative estimate of drug-likeness (QED) is 0.664. The Morgan fingerprint density at radius 2 is 1.97 bits per heavy atom. The van der Waals surface area contributed by atoms with Crippen LogP contribution >= 0.6 is 11.6 Å². The standard InChI is InChI=1S/C24H24ClNO5/c1-4-29-23(28)21-20(17-10-9-16(30-17)13-7-5-6-8-14(13)25)19-15(27)11-24(2,3)12-18(19)31-22(21)26/h5-10,20H,4,11-12,26H2,1-3H3. The van der Waals surface area contributed by atoms with Gasteiger partial charge in [0.25, 0.3) is 0 Å². The van der Waals surface area contributed by atoms with E-state index in [1.165, 1.54) is 0 Å². The Bertz CT molecular complexity index is 1120. The first-order valence-electron chi connectivity index (χ1n) is 10.2. The van der Waals surface area contributed by atoms with Crippen LogP contribution in [0.25, 0.3) is 11.3 Å². The number of nitrogens with two attached hydrogens (primary N) is 1. The van der Waals surface area contributed by atoms with Gasteiger partial charge in [0.2, 0.25) is 5.88 Å². The lowest BCUT2D eigenvalue weighted by molar-refractivity contribution is -0.139. The van der Waals surface area contributed by atoms with Crippen LogP contribution in [0, 0.1) is 5.41 Å². The molecule has 2 N–H and O–H groups in total. The number of furan rings is 1. The van der Waals surface area contributed by atoms with Crippen LogP contribution in [0.4, 0.5) is 0 Å². The number of esters is 1. The molecule has 2 heterocycles. The molecule has 0 spiro atoms. The molecule has 2 aromatic rings. The van der Waals surface area contributed by atoms with E-state index in [1.54, 1.807) is 25.1 Å². The van der Waals surface area contributed by atoms with Gasteiger partial charge < -0.3 is 19.6 Å². The summed E-state index contributed by atoms with van der Waals surface area (Å²) in [4.78, 5) is 26.0. The van der Waals surface area contributed by atoms with Crippen LogP contribution in [0.2, 0.25) is 5.02 Å². The molecule has 1 aliphatic heterocycles. The predicted molar refractivity (Wildman–Crippen MR) is 116 cm³/mol. The second-order valence-corrected chi connectivity index (χ2v) is 8.90. The lowest BCUT2D eigenvalue weighted by atomic mass is 9.71. The molecule has 162 valence electrons. The van der Waals surface area contributed by atoms with Crippen molar-refractivity contribution in [3.05, 3.63) is 70.0 Å². The maximum Gasteiger partial charge on any atom is 0.340 e. The van der Waals surface area contributed by atoms with Crippen LogP contribution in [0.5, 0.6) is 0 Å². The fraction of sp³-hybridized carbons (Fsp3) is 0.333. The molecule has 0 fully saturated rings. The first kappa shape index (κ1) is 21.2. The SMILES string of the molecule is CCOC(=O)C1=C(N)OC2=C(C(=O)CC(C)(C)C2)C1c1ccc(-c2ccccc2Cl)o1. The highest BCUT2D eigenvalue weighted by Gasteiger charge is 2.46. The van der Waals surface area contributed by atoms with Gasteiger partial charge in [-0.25, -0.2) is 4.79 Å². The van der Waals surface area contributed by atoms with E-state index in [9.17, 15) is 9.59 Å². The maximum absolute atomic E-state index is 13.2. The largest absolute Gasteiger partial charge is 0.462 e. The predicted octanol–water partition coefficient (Wildman–Crippen LogP) is 5.09. The summed E-state index contributed by atoms with van der Waals surface area (Å²) >= 11 is 6.32. The van der Waals surface area contributed by atoms with Crippen molar-refractivity contribution in [2.75, 3.05) is 6.61 Å². The summed E-state index contributed by atoms with van der Waals surface area (Å²) in [5.74, 6) is -0.186. The molecule has 0 bridgehead atoms. The number of ketones is 1. The van der Waals surface area contributed by atoms with Gasteiger partial charge in [0.1, 0.15) is 22.9 Å². The van der Waals surface area contributed by atoms with Crippen molar-refractivity contribution in [3.63, 3.8) is 0 Å². The van der Waals surface area contributed by atoms with E-state index in [-0.39, 0.29) is 29.3 Å². The number of hydrogen-bond acceptors (Lipinski definition) is 6. The van der Waals surface area contributed by atoms with Gasteiger partial charge in [-0.15, -0.1) is 0 Å². The zero-order valence-electron chi connectivity index (χ0n) is 17.7. The van der Waals surface area contributed by atoms with E-state index in [4.69, 9.17) is 31.2 Å². The van der Waals surface area contributed by atoms with E-state index >= 15 is 0 Å².